The van der Waals surface area contributed by atoms with Gasteiger partial charge in [0.1, 0.15) is 5.75 Å². The van der Waals surface area contributed by atoms with Crippen LogP contribution in [0.3, 0.4) is 0 Å². The highest BCUT2D eigenvalue weighted by atomic mass is 32.2. The van der Waals surface area contributed by atoms with E-state index in [0.717, 1.165) is 11.3 Å². The Bertz CT molecular complexity index is 1370. The minimum Gasteiger partial charge on any atom is -0.426 e. The second-order valence-corrected chi connectivity index (χ2v) is 11.2. The summed E-state index contributed by atoms with van der Waals surface area (Å²) in [6.07, 6.45) is 1.02. The van der Waals surface area contributed by atoms with Gasteiger partial charge in [0.05, 0.1) is 16.5 Å². The smallest absolute Gasteiger partial charge is 0.321 e. The van der Waals surface area contributed by atoms with Crippen molar-refractivity contribution < 1.29 is 22.7 Å². The number of para-hydroxylation sites is 1. The molecule has 1 fully saturated rings. The monoisotopic (exact) mass is 521 g/mol. The molecule has 8 nitrogen and oxygen atoms in total. The molecule has 1 heterocycles. The van der Waals surface area contributed by atoms with Crippen LogP contribution < -0.4 is 14.4 Å². The van der Waals surface area contributed by atoms with Crippen molar-refractivity contribution in [3.8, 4) is 5.75 Å². The molecule has 194 valence electrons. The molecule has 0 aromatic heterocycles. The zero-order chi connectivity index (χ0) is 26.6. The van der Waals surface area contributed by atoms with Crippen LogP contribution in [0.15, 0.2) is 77.7 Å². The predicted octanol–water partition coefficient (Wildman–Crippen LogP) is 4.98. The van der Waals surface area contributed by atoms with Gasteiger partial charge < -0.3 is 15.0 Å². The van der Waals surface area contributed by atoms with E-state index in [-0.39, 0.29) is 22.8 Å². The molecule has 1 saturated heterocycles. The van der Waals surface area contributed by atoms with Gasteiger partial charge in [0.15, 0.2) is 0 Å². The van der Waals surface area contributed by atoms with Gasteiger partial charge in [0.25, 0.3) is 10.0 Å². The maximum absolute atomic E-state index is 13.2. The highest BCUT2D eigenvalue weighted by Gasteiger charge is 2.29. The number of hydrogen-bond acceptors (Lipinski definition) is 5. The Hall–Kier alpha value is -3.85. The normalized spacial score (nSPS) is 14.2. The molecule has 2 amide bonds. The number of amides is 2. The van der Waals surface area contributed by atoms with Crippen LogP contribution in [0.5, 0.6) is 5.75 Å². The summed E-state index contributed by atoms with van der Waals surface area (Å²) in [5, 5.41) is 2.86. The van der Waals surface area contributed by atoms with Crippen LogP contribution in [-0.2, 0) is 14.8 Å². The van der Waals surface area contributed by atoms with Gasteiger partial charge >= 0.3 is 12.0 Å². The molecule has 1 aliphatic rings. The van der Waals surface area contributed by atoms with Crippen LogP contribution in [0.25, 0.3) is 0 Å². The standard InChI is InChI=1S/C28H31N3O5S/c1-20-9-10-21(2)26(19-20)37(34,35)30(3)24-11-13-25(14-12-24)36-27(32)22-15-17-31(18-16-22)28(33)29-23-7-5-4-6-8-23/h4-14,19,22H,15-18H2,1-3H3,(H,29,33). The van der Waals surface area contributed by atoms with Gasteiger partial charge in [-0.15, -0.1) is 0 Å². The summed E-state index contributed by atoms with van der Waals surface area (Å²) >= 11 is 0. The third kappa shape index (κ3) is 6.11. The molecule has 0 saturated carbocycles. The molecular weight excluding hydrogens is 490 g/mol. The topological polar surface area (TPSA) is 96.0 Å². The van der Waals surface area contributed by atoms with Gasteiger partial charge in [0.2, 0.25) is 0 Å². The summed E-state index contributed by atoms with van der Waals surface area (Å²) in [5.74, 6) is -0.324. The molecule has 0 unspecified atom stereocenters. The van der Waals surface area contributed by atoms with Crippen LogP contribution in [0.1, 0.15) is 24.0 Å². The van der Waals surface area contributed by atoms with Gasteiger partial charge in [0, 0.05) is 25.8 Å². The van der Waals surface area contributed by atoms with Crippen molar-refractivity contribution in [3.05, 3.63) is 83.9 Å². The van der Waals surface area contributed by atoms with E-state index in [0.29, 0.717) is 42.9 Å². The molecule has 1 N–H and O–H groups in total. The SMILES string of the molecule is Cc1ccc(C)c(S(=O)(=O)N(C)c2ccc(OC(=O)C3CCN(C(=O)Nc4ccccc4)CC3)cc2)c1. The van der Waals surface area contributed by atoms with Crippen molar-refractivity contribution >= 4 is 33.4 Å². The Morgan fingerprint density at radius 1 is 0.946 bits per heavy atom. The van der Waals surface area contributed by atoms with Crippen LogP contribution in [-0.4, -0.2) is 45.5 Å². The first-order valence-corrected chi connectivity index (χ1v) is 13.6. The second kappa shape index (κ2) is 11.0. The van der Waals surface area contributed by atoms with Crippen LogP contribution in [0, 0.1) is 19.8 Å². The lowest BCUT2D eigenvalue weighted by Crippen LogP contribution is -2.43. The zero-order valence-electron chi connectivity index (χ0n) is 21.2. The number of ether oxygens (including phenoxy) is 1. The third-order valence-corrected chi connectivity index (χ3v) is 8.47. The van der Waals surface area contributed by atoms with E-state index in [9.17, 15) is 18.0 Å². The number of carbonyl (C=O) groups excluding carboxylic acids is 2. The number of piperidine rings is 1. The van der Waals surface area contributed by atoms with Crippen LogP contribution >= 0.6 is 0 Å². The number of nitrogens with one attached hydrogen (secondary N) is 1. The molecule has 0 aliphatic carbocycles. The largest absolute Gasteiger partial charge is 0.426 e. The fourth-order valence-corrected chi connectivity index (χ4v) is 5.74. The van der Waals surface area contributed by atoms with E-state index in [4.69, 9.17) is 4.74 Å². The summed E-state index contributed by atoms with van der Waals surface area (Å²) in [4.78, 5) is 27.1. The molecule has 1 aliphatic heterocycles. The van der Waals surface area contributed by atoms with Crippen molar-refractivity contribution in [2.24, 2.45) is 5.92 Å². The number of hydrogen-bond donors (Lipinski definition) is 1. The third-order valence-electron chi connectivity index (χ3n) is 6.54. The van der Waals surface area contributed by atoms with Crippen LogP contribution in [0.2, 0.25) is 0 Å². The number of urea groups is 1. The van der Waals surface area contributed by atoms with Crippen molar-refractivity contribution in [1.82, 2.24) is 4.90 Å². The van der Waals surface area contributed by atoms with Gasteiger partial charge in [-0.05, 0) is 80.3 Å². The number of nitrogens with zero attached hydrogens (tertiary/aromatic N) is 2. The van der Waals surface area contributed by atoms with Crippen molar-refractivity contribution in [3.63, 3.8) is 0 Å². The first-order valence-electron chi connectivity index (χ1n) is 12.1. The number of carbonyl (C=O) groups is 2. The molecule has 0 spiro atoms. The Kier molecular flexibility index (Phi) is 7.83. The zero-order valence-corrected chi connectivity index (χ0v) is 22.0. The van der Waals surface area contributed by atoms with E-state index in [1.54, 1.807) is 48.2 Å². The molecule has 3 aromatic carbocycles. The number of esters is 1. The fourth-order valence-electron chi connectivity index (χ4n) is 4.24. The molecule has 9 heteroatoms. The number of likely N-dealkylation sites (tertiary alicyclic amines) is 1. The lowest BCUT2D eigenvalue weighted by molar-refractivity contribution is -0.140. The van der Waals surface area contributed by atoms with Gasteiger partial charge in [-0.25, -0.2) is 13.2 Å². The van der Waals surface area contributed by atoms with E-state index in [1.807, 2.05) is 43.3 Å². The van der Waals surface area contributed by atoms with E-state index < -0.39 is 10.0 Å². The lowest BCUT2D eigenvalue weighted by Gasteiger charge is -2.31. The van der Waals surface area contributed by atoms with Gasteiger partial charge in [-0.3, -0.25) is 9.10 Å². The van der Waals surface area contributed by atoms with Crippen molar-refractivity contribution in [1.29, 1.82) is 0 Å². The molecule has 3 aromatic rings. The van der Waals surface area contributed by atoms with Crippen LogP contribution in [0.4, 0.5) is 16.2 Å². The van der Waals surface area contributed by atoms with E-state index in [1.165, 1.54) is 11.4 Å². The molecule has 0 bridgehead atoms. The Balaban J connectivity index is 1.33. The highest BCUT2D eigenvalue weighted by molar-refractivity contribution is 7.92. The number of aryl methyl sites for hydroxylation is 2. The number of sulfonamides is 1. The number of benzene rings is 3. The second-order valence-electron chi connectivity index (χ2n) is 9.21. The summed E-state index contributed by atoms with van der Waals surface area (Å²) in [7, 11) is -2.24. The maximum atomic E-state index is 13.2. The highest BCUT2D eigenvalue weighted by Crippen LogP contribution is 2.28. The predicted molar refractivity (Wildman–Crippen MR) is 143 cm³/mol. The Labute approximate surface area is 217 Å². The fraction of sp³-hybridized carbons (Fsp3) is 0.286. The van der Waals surface area contributed by atoms with E-state index >= 15 is 0 Å². The summed E-state index contributed by atoms with van der Waals surface area (Å²) < 4.78 is 33.1. The molecule has 0 radical (unpaired) electrons. The van der Waals surface area contributed by atoms with Crippen molar-refractivity contribution in [2.45, 2.75) is 31.6 Å². The minimum atomic E-state index is -3.74. The van der Waals surface area contributed by atoms with E-state index in [2.05, 4.69) is 5.32 Å². The average Bonchev–Trinajstić information content (AvgIpc) is 2.90. The van der Waals surface area contributed by atoms with Gasteiger partial charge in [-0.2, -0.15) is 0 Å². The Morgan fingerprint density at radius 2 is 1.59 bits per heavy atom. The first kappa shape index (κ1) is 26.2. The number of anilines is 2. The molecule has 37 heavy (non-hydrogen) atoms. The summed E-state index contributed by atoms with van der Waals surface area (Å²) in [6.45, 7) is 4.53. The quantitative estimate of drug-likeness (QED) is 0.365. The summed E-state index contributed by atoms with van der Waals surface area (Å²) in [5.41, 5.74) is 2.72. The maximum Gasteiger partial charge on any atom is 0.321 e. The summed E-state index contributed by atoms with van der Waals surface area (Å²) in [6, 6.07) is 20.8. The average molecular weight is 522 g/mol. The lowest BCUT2D eigenvalue weighted by atomic mass is 9.97. The molecular formula is C28H31N3O5S. The minimum absolute atomic E-state index is 0.187. The molecule has 4 rings (SSSR count). The first-order chi connectivity index (χ1) is 17.6. The van der Waals surface area contributed by atoms with Gasteiger partial charge in [-0.1, -0.05) is 30.3 Å². The Morgan fingerprint density at radius 3 is 2.24 bits per heavy atom. The van der Waals surface area contributed by atoms with Crippen molar-refractivity contribution in [2.75, 3.05) is 29.8 Å². The number of rotatable bonds is 6. The molecule has 0 atom stereocenters.